The highest BCUT2D eigenvalue weighted by molar-refractivity contribution is 9.10. The van der Waals surface area contributed by atoms with E-state index in [-0.39, 0.29) is 12.2 Å². The largest absolute Gasteiger partial charge is 0.444 e. The summed E-state index contributed by atoms with van der Waals surface area (Å²) in [5, 5.41) is 8.61. The van der Waals surface area contributed by atoms with Crippen LogP contribution in [0.1, 0.15) is 67.2 Å². The lowest BCUT2D eigenvalue weighted by Crippen LogP contribution is -2.54. The summed E-state index contributed by atoms with van der Waals surface area (Å²) in [7, 11) is 0. The minimum absolute atomic E-state index is 0.183. The Kier molecular flexibility index (Phi) is 12.5. The van der Waals surface area contributed by atoms with Crippen molar-refractivity contribution in [2.75, 3.05) is 88.3 Å². The van der Waals surface area contributed by atoms with Gasteiger partial charge in [-0.3, -0.25) is 9.80 Å². The summed E-state index contributed by atoms with van der Waals surface area (Å²) in [6.45, 7) is 22.6. The van der Waals surface area contributed by atoms with Gasteiger partial charge >= 0.3 is 12.2 Å². The van der Waals surface area contributed by atoms with E-state index in [0.717, 1.165) is 131 Å². The van der Waals surface area contributed by atoms with Crippen molar-refractivity contribution < 1.29 is 19.1 Å². The van der Waals surface area contributed by atoms with Gasteiger partial charge in [0.2, 0.25) is 0 Å². The molecule has 0 radical (unpaired) electrons. The number of amides is 2. The smallest absolute Gasteiger partial charge is 0.410 e. The van der Waals surface area contributed by atoms with E-state index >= 15 is 0 Å². The maximum absolute atomic E-state index is 12.3. The number of ether oxygens (including phenoxy) is 2. The third-order valence-corrected chi connectivity index (χ3v) is 11.7. The van der Waals surface area contributed by atoms with Crippen molar-refractivity contribution in [3.63, 3.8) is 0 Å². The molecule has 8 rings (SSSR count). The first-order valence-electron chi connectivity index (χ1n) is 20.4. The average molecular weight is 852 g/mol. The van der Waals surface area contributed by atoms with E-state index in [0.29, 0.717) is 12.1 Å². The summed E-state index contributed by atoms with van der Waals surface area (Å²) < 4.78 is 15.6. The van der Waals surface area contributed by atoms with Crippen molar-refractivity contribution in [1.29, 1.82) is 0 Å². The van der Waals surface area contributed by atoms with Crippen LogP contribution in [0.3, 0.4) is 0 Å². The van der Waals surface area contributed by atoms with Gasteiger partial charge < -0.3 is 29.1 Å². The average Bonchev–Trinajstić information content (AvgIpc) is 3.83. The number of fused-ring (bicyclic) bond motifs is 2. The van der Waals surface area contributed by atoms with Crippen LogP contribution in [-0.2, 0) is 9.47 Å². The lowest BCUT2D eigenvalue weighted by Gasteiger charge is -2.43. The standard InChI is InChI=1S/C20H29BrN6O2.C20H30N6O2/c1-20(2,3)29-19(28)26-6-4-15(5-7-26)24-8-10-25(11-9-24)16-12-22-18-17(21)13-23-27(18)14-16;1-20(2,3)28-19(27)25-8-5-16(6-9-25)23-10-12-24(13-11-23)17-14-21-18-4-7-22-26(18)15-17/h12-15H,4-11H2,1-3H3;4,7,14-16H,5-6,8-13H2,1-3H3. The van der Waals surface area contributed by atoms with Crippen LogP contribution in [0, 0.1) is 0 Å². The summed E-state index contributed by atoms with van der Waals surface area (Å²) in [4.78, 5) is 47.1. The fourth-order valence-electron chi connectivity index (χ4n) is 8.13. The molecule has 4 aliphatic rings. The topological polar surface area (TPSA) is 132 Å². The summed E-state index contributed by atoms with van der Waals surface area (Å²) in [6, 6.07) is 3.00. The molecule has 4 fully saturated rings. The number of carbonyl (C=O) groups is 2. The molecule has 16 nitrogen and oxygen atoms in total. The lowest BCUT2D eigenvalue weighted by molar-refractivity contribution is 0.0130. The monoisotopic (exact) mass is 850 g/mol. The first-order chi connectivity index (χ1) is 27.2. The van der Waals surface area contributed by atoms with Gasteiger partial charge in [-0.25, -0.2) is 28.6 Å². The molecule has 17 heteroatoms. The zero-order valence-corrected chi connectivity index (χ0v) is 36.0. The van der Waals surface area contributed by atoms with Crippen LogP contribution in [0.15, 0.2) is 47.7 Å². The molecule has 4 aromatic rings. The van der Waals surface area contributed by atoms with Gasteiger partial charge in [0, 0.05) is 96.7 Å². The second kappa shape index (κ2) is 17.3. The molecule has 4 aromatic heterocycles. The molecule has 8 heterocycles. The molecule has 310 valence electrons. The normalized spacial score (nSPS) is 19.8. The van der Waals surface area contributed by atoms with E-state index in [9.17, 15) is 9.59 Å². The molecular weight excluding hydrogens is 792 g/mol. The molecule has 4 saturated heterocycles. The molecule has 4 aliphatic heterocycles. The summed E-state index contributed by atoms with van der Waals surface area (Å²) >= 11 is 3.47. The van der Waals surface area contributed by atoms with Crippen molar-refractivity contribution in [2.24, 2.45) is 0 Å². The van der Waals surface area contributed by atoms with Crippen LogP contribution in [0.5, 0.6) is 0 Å². The second-order valence-electron chi connectivity index (χ2n) is 17.5. The van der Waals surface area contributed by atoms with Gasteiger partial charge in [-0.2, -0.15) is 10.2 Å². The Bertz CT molecular complexity index is 1960. The van der Waals surface area contributed by atoms with Crippen LogP contribution in [0.4, 0.5) is 21.0 Å². The fourth-order valence-corrected chi connectivity index (χ4v) is 8.51. The van der Waals surface area contributed by atoms with Crippen molar-refractivity contribution in [1.82, 2.24) is 48.8 Å². The highest BCUT2D eigenvalue weighted by Gasteiger charge is 2.33. The van der Waals surface area contributed by atoms with Crippen molar-refractivity contribution in [2.45, 2.75) is 90.5 Å². The van der Waals surface area contributed by atoms with E-state index < -0.39 is 11.2 Å². The number of likely N-dealkylation sites (tertiary alicyclic amines) is 2. The fraction of sp³-hybridized carbons (Fsp3) is 0.650. The highest BCUT2D eigenvalue weighted by atomic mass is 79.9. The molecule has 0 saturated carbocycles. The van der Waals surface area contributed by atoms with Gasteiger partial charge in [-0.05, 0) is 83.2 Å². The Morgan fingerprint density at radius 3 is 1.54 bits per heavy atom. The molecular formula is C40H59BrN12O4. The van der Waals surface area contributed by atoms with E-state index in [4.69, 9.17) is 9.47 Å². The SMILES string of the molecule is CC(C)(C)OC(=O)N1CCC(N2CCN(c3cnc4c(Br)cnn4c3)CC2)CC1.CC(C)(C)OC(=O)N1CCC(N2CCN(c3cnc4ccnn4c3)CC2)CC1. The highest BCUT2D eigenvalue weighted by Crippen LogP contribution is 2.25. The quantitative estimate of drug-likeness (QED) is 0.265. The minimum atomic E-state index is -0.436. The number of carbonyl (C=O) groups excluding carboxylic acids is 2. The number of rotatable bonds is 4. The predicted octanol–water partition coefficient (Wildman–Crippen LogP) is 5.26. The summed E-state index contributed by atoms with van der Waals surface area (Å²) in [5.41, 5.74) is 3.07. The Morgan fingerprint density at radius 1 is 0.614 bits per heavy atom. The first-order valence-corrected chi connectivity index (χ1v) is 21.2. The van der Waals surface area contributed by atoms with E-state index in [1.54, 1.807) is 12.4 Å². The molecule has 0 atom stereocenters. The van der Waals surface area contributed by atoms with Crippen LogP contribution < -0.4 is 9.80 Å². The molecule has 0 spiro atoms. The number of hydrogen-bond donors (Lipinski definition) is 0. The van der Waals surface area contributed by atoms with Gasteiger partial charge in [0.1, 0.15) is 11.2 Å². The number of piperidine rings is 2. The van der Waals surface area contributed by atoms with Gasteiger partial charge in [0.25, 0.3) is 0 Å². The van der Waals surface area contributed by atoms with Gasteiger partial charge in [-0.1, -0.05) is 0 Å². The van der Waals surface area contributed by atoms with Crippen LogP contribution in [-0.4, -0.2) is 163 Å². The molecule has 2 amide bonds. The van der Waals surface area contributed by atoms with Crippen molar-refractivity contribution in [3.8, 4) is 0 Å². The Labute approximate surface area is 344 Å². The third-order valence-electron chi connectivity index (χ3n) is 11.2. The van der Waals surface area contributed by atoms with E-state index in [2.05, 4.69) is 61.9 Å². The Balaban J connectivity index is 0.000000174. The third kappa shape index (κ3) is 10.5. The second-order valence-corrected chi connectivity index (χ2v) is 18.3. The van der Waals surface area contributed by atoms with Crippen molar-refractivity contribution in [3.05, 3.63) is 47.7 Å². The summed E-state index contributed by atoms with van der Waals surface area (Å²) in [6.07, 6.45) is 15.2. The van der Waals surface area contributed by atoms with Gasteiger partial charge in [-0.15, -0.1) is 0 Å². The molecule has 0 aromatic carbocycles. The van der Waals surface area contributed by atoms with Crippen LogP contribution >= 0.6 is 15.9 Å². The van der Waals surface area contributed by atoms with Gasteiger partial charge in [0.15, 0.2) is 11.3 Å². The number of nitrogens with zero attached hydrogens (tertiary/aromatic N) is 12. The predicted molar refractivity (Wildman–Crippen MR) is 223 cm³/mol. The van der Waals surface area contributed by atoms with Crippen molar-refractivity contribution >= 4 is 50.8 Å². The zero-order chi connectivity index (χ0) is 40.3. The molecule has 57 heavy (non-hydrogen) atoms. The number of piperazine rings is 2. The molecule has 0 unspecified atom stereocenters. The number of hydrogen-bond acceptors (Lipinski definition) is 12. The van der Waals surface area contributed by atoms with Crippen LogP contribution in [0.2, 0.25) is 0 Å². The van der Waals surface area contributed by atoms with Crippen LogP contribution in [0.25, 0.3) is 11.3 Å². The molecule has 0 aliphatic carbocycles. The summed E-state index contributed by atoms with van der Waals surface area (Å²) in [5.74, 6) is 0. The molecule has 0 bridgehead atoms. The number of aromatic nitrogens is 6. The first kappa shape index (κ1) is 41.0. The van der Waals surface area contributed by atoms with E-state index in [1.165, 1.54) is 0 Å². The lowest BCUT2D eigenvalue weighted by atomic mass is 10.0. The molecule has 0 N–H and O–H groups in total. The maximum atomic E-state index is 12.3. The van der Waals surface area contributed by atoms with Gasteiger partial charge in [0.05, 0.1) is 53.0 Å². The maximum Gasteiger partial charge on any atom is 0.410 e. The number of anilines is 2. The number of halogens is 1. The minimum Gasteiger partial charge on any atom is -0.444 e. The zero-order valence-electron chi connectivity index (χ0n) is 34.4. The van der Waals surface area contributed by atoms with E-state index in [1.807, 2.05) is 85.0 Å². The Morgan fingerprint density at radius 2 is 1.07 bits per heavy atom. The Hall–Kier alpha value is -4.22.